The van der Waals surface area contributed by atoms with Crippen LogP contribution in [0.15, 0.2) is 23.1 Å². The van der Waals surface area contributed by atoms with Crippen LogP contribution in [0.2, 0.25) is 5.15 Å². The molecular formula is C12H10ClF4N3O2S. The average molecular weight is 372 g/mol. The molecule has 0 aliphatic rings. The Bertz CT molecular complexity index is 862. The second kappa shape index (κ2) is 5.68. The number of halogens is 5. The fraction of sp³-hybridized carbons (Fsp3) is 0.250. The van der Waals surface area contributed by atoms with Crippen molar-refractivity contribution in [3.05, 3.63) is 40.4 Å². The normalized spacial score (nSPS) is 12.5. The third-order valence-corrected chi connectivity index (χ3v) is 4.97. The van der Waals surface area contributed by atoms with Gasteiger partial charge in [-0.3, -0.25) is 9.40 Å². The number of nitrogens with zero attached hydrogens (tertiary/aromatic N) is 2. The van der Waals surface area contributed by atoms with Gasteiger partial charge in [-0.05, 0) is 25.1 Å². The van der Waals surface area contributed by atoms with Crippen LogP contribution in [0.5, 0.6) is 0 Å². The van der Waals surface area contributed by atoms with Crippen LogP contribution < -0.4 is 4.72 Å². The van der Waals surface area contributed by atoms with Crippen molar-refractivity contribution in [1.29, 1.82) is 0 Å². The minimum absolute atomic E-state index is 0.0254. The Morgan fingerprint density at radius 3 is 2.39 bits per heavy atom. The lowest BCUT2D eigenvalue weighted by atomic mass is 10.2. The minimum Gasteiger partial charge on any atom is -0.276 e. The summed E-state index contributed by atoms with van der Waals surface area (Å²) >= 11 is 5.82. The van der Waals surface area contributed by atoms with Crippen molar-refractivity contribution in [3.63, 3.8) is 0 Å². The van der Waals surface area contributed by atoms with Gasteiger partial charge in [0.2, 0.25) is 0 Å². The van der Waals surface area contributed by atoms with Crippen molar-refractivity contribution in [2.75, 3.05) is 4.72 Å². The molecule has 1 aromatic heterocycles. The SMILES string of the molecule is Cc1nn(C)c(Cl)c1S(=O)(=O)Nc1cc(C(F)(F)F)ccc1F. The van der Waals surface area contributed by atoms with E-state index in [1.54, 1.807) is 4.72 Å². The van der Waals surface area contributed by atoms with E-state index in [1.165, 1.54) is 14.0 Å². The van der Waals surface area contributed by atoms with Gasteiger partial charge in [-0.1, -0.05) is 11.6 Å². The molecule has 5 nitrogen and oxygen atoms in total. The minimum atomic E-state index is -4.74. The van der Waals surface area contributed by atoms with Gasteiger partial charge in [0.1, 0.15) is 15.9 Å². The summed E-state index contributed by atoms with van der Waals surface area (Å²) in [5.74, 6) is -1.15. The molecule has 1 aromatic carbocycles. The number of alkyl halides is 3. The summed E-state index contributed by atoms with van der Waals surface area (Å²) < 4.78 is 79.0. The van der Waals surface area contributed by atoms with Crippen LogP contribution in [0, 0.1) is 12.7 Å². The number of nitrogens with one attached hydrogen (secondary N) is 1. The van der Waals surface area contributed by atoms with E-state index in [0.29, 0.717) is 18.2 Å². The summed E-state index contributed by atoms with van der Waals surface area (Å²) in [4.78, 5) is -0.432. The number of aryl methyl sites for hydroxylation is 2. The highest BCUT2D eigenvalue weighted by Gasteiger charge is 2.32. The highest BCUT2D eigenvalue weighted by Crippen LogP contribution is 2.33. The van der Waals surface area contributed by atoms with E-state index in [4.69, 9.17) is 11.6 Å². The summed E-state index contributed by atoms with van der Waals surface area (Å²) in [6.45, 7) is 1.35. The molecule has 0 unspecified atom stereocenters. The molecule has 2 rings (SSSR count). The van der Waals surface area contributed by atoms with Gasteiger partial charge >= 0.3 is 6.18 Å². The first-order chi connectivity index (χ1) is 10.4. The van der Waals surface area contributed by atoms with E-state index in [1.807, 2.05) is 0 Å². The molecule has 23 heavy (non-hydrogen) atoms. The number of sulfonamides is 1. The zero-order valence-corrected chi connectivity index (χ0v) is 13.3. The van der Waals surface area contributed by atoms with E-state index in [-0.39, 0.29) is 10.8 Å². The Labute approximate surface area is 133 Å². The van der Waals surface area contributed by atoms with Gasteiger partial charge in [0.15, 0.2) is 0 Å². The van der Waals surface area contributed by atoms with Gasteiger partial charge in [-0.2, -0.15) is 18.3 Å². The molecule has 11 heteroatoms. The second-order valence-electron chi connectivity index (χ2n) is 4.63. The first-order valence-corrected chi connectivity index (χ1v) is 7.88. The Kier molecular flexibility index (Phi) is 4.33. The fourth-order valence-electron chi connectivity index (χ4n) is 1.89. The highest BCUT2D eigenvalue weighted by molar-refractivity contribution is 7.92. The van der Waals surface area contributed by atoms with Crippen LogP contribution in [0.3, 0.4) is 0 Å². The highest BCUT2D eigenvalue weighted by atomic mass is 35.5. The first-order valence-electron chi connectivity index (χ1n) is 6.02. The van der Waals surface area contributed by atoms with Crippen molar-refractivity contribution in [2.24, 2.45) is 7.05 Å². The monoisotopic (exact) mass is 371 g/mol. The number of anilines is 1. The van der Waals surface area contributed by atoms with Crippen LogP contribution in [0.25, 0.3) is 0 Å². The number of benzene rings is 1. The molecule has 0 spiro atoms. The maximum atomic E-state index is 13.7. The lowest BCUT2D eigenvalue weighted by Crippen LogP contribution is -2.16. The van der Waals surface area contributed by atoms with E-state index >= 15 is 0 Å². The van der Waals surface area contributed by atoms with Crippen molar-refractivity contribution in [1.82, 2.24) is 9.78 Å². The molecule has 0 aliphatic heterocycles. The quantitative estimate of drug-likeness (QED) is 0.842. The standard InChI is InChI=1S/C12H10ClF4N3O2S/c1-6-10(11(13)20(2)18-6)23(21,22)19-9-5-7(12(15,16)17)3-4-8(9)14/h3-5,19H,1-2H3. The molecule has 0 amide bonds. The number of aromatic nitrogens is 2. The zero-order valence-electron chi connectivity index (χ0n) is 11.7. The van der Waals surface area contributed by atoms with E-state index in [0.717, 1.165) is 4.68 Å². The van der Waals surface area contributed by atoms with Gasteiger partial charge < -0.3 is 0 Å². The molecule has 0 bridgehead atoms. The number of hydrogen-bond donors (Lipinski definition) is 1. The molecule has 126 valence electrons. The van der Waals surface area contributed by atoms with E-state index in [9.17, 15) is 26.0 Å². The largest absolute Gasteiger partial charge is 0.416 e. The number of rotatable bonds is 3. The molecule has 0 fully saturated rings. The molecule has 0 saturated carbocycles. The predicted octanol–water partition coefficient (Wildman–Crippen LogP) is 3.34. The zero-order chi connectivity index (χ0) is 17.6. The molecule has 0 saturated heterocycles. The molecule has 2 aromatic rings. The summed E-state index contributed by atoms with van der Waals surface area (Å²) in [6.07, 6.45) is -4.74. The molecule has 0 aliphatic carbocycles. The summed E-state index contributed by atoms with van der Waals surface area (Å²) in [5, 5.41) is 3.54. The van der Waals surface area contributed by atoms with Crippen molar-refractivity contribution in [2.45, 2.75) is 18.0 Å². The van der Waals surface area contributed by atoms with Crippen LogP contribution in [0.4, 0.5) is 23.2 Å². The predicted molar refractivity (Wildman–Crippen MR) is 75.2 cm³/mol. The van der Waals surface area contributed by atoms with Gasteiger partial charge in [0.25, 0.3) is 10.0 Å². The molecule has 1 heterocycles. The van der Waals surface area contributed by atoms with Gasteiger partial charge in [-0.25, -0.2) is 12.8 Å². The number of hydrogen-bond acceptors (Lipinski definition) is 3. The lowest BCUT2D eigenvalue weighted by molar-refractivity contribution is -0.137. The Morgan fingerprint density at radius 1 is 1.30 bits per heavy atom. The van der Waals surface area contributed by atoms with E-state index in [2.05, 4.69) is 5.10 Å². The van der Waals surface area contributed by atoms with Crippen molar-refractivity contribution in [3.8, 4) is 0 Å². The summed E-state index contributed by atoms with van der Waals surface area (Å²) in [5.41, 5.74) is -2.00. The van der Waals surface area contributed by atoms with Crippen LogP contribution in [-0.4, -0.2) is 18.2 Å². The second-order valence-corrected chi connectivity index (χ2v) is 6.60. The maximum absolute atomic E-state index is 13.7. The average Bonchev–Trinajstić information content (AvgIpc) is 2.64. The van der Waals surface area contributed by atoms with Crippen LogP contribution >= 0.6 is 11.6 Å². The van der Waals surface area contributed by atoms with Gasteiger partial charge in [0.05, 0.1) is 16.9 Å². The van der Waals surface area contributed by atoms with E-state index < -0.39 is 38.2 Å². The lowest BCUT2D eigenvalue weighted by Gasteiger charge is -2.12. The Hall–Kier alpha value is -1.81. The van der Waals surface area contributed by atoms with Gasteiger partial charge in [0, 0.05) is 7.05 Å². The molecule has 1 N–H and O–H groups in total. The maximum Gasteiger partial charge on any atom is 0.416 e. The summed E-state index contributed by atoms with van der Waals surface area (Å²) in [7, 11) is -3.02. The first kappa shape index (κ1) is 17.5. The van der Waals surface area contributed by atoms with Crippen molar-refractivity contribution < 1.29 is 26.0 Å². The Balaban J connectivity index is 2.49. The Morgan fingerprint density at radius 2 is 1.91 bits per heavy atom. The third-order valence-electron chi connectivity index (χ3n) is 2.91. The molecule has 0 atom stereocenters. The topological polar surface area (TPSA) is 64.0 Å². The smallest absolute Gasteiger partial charge is 0.276 e. The van der Waals surface area contributed by atoms with Gasteiger partial charge in [-0.15, -0.1) is 0 Å². The van der Waals surface area contributed by atoms with Crippen molar-refractivity contribution >= 4 is 27.3 Å². The third kappa shape index (κ3) is 3.42. The molecular weight excluding hydrogens is 362 g/mol. The fourth-order valence-corrected chi connectivity index (χ4v) is 3.70. The van der Waals surface area contributed by atoms with Crippen LogP contribution in [0.1, 0.15) is 11.3 Å². The molecule has 0 radical (unpaired) electrons. The summed E-state index contributed by atoms with van der Waals surface area (Å²) in [6, 6.07) is 1.40. The van der Waals surface area contributed by atoms with Crippen LogP contribution in [-0.2, 0) is 23.2 Å².